The summed E-state index contributed by atoms with van der Waals surface area (Å²) in [6, 6.07) is 36.8. The number of sulfone groups is 1. The summed E-state index contributed by atoms with van der Waals surface area (Å²) in [7, 11) is -3.92. The molecule has 0 unspecified atom stereocenters. The molecule has 4 aromatic heterocycles. The number of nitrogens with one attached hydrogen (secondary N) is 2. The predicted octanol–water partition coefficient (Wildman–Crippen LogP) is 8.64. The number of hydrogen-bond donors (Lipinski definition) is 2. The van der Waals surface area contributed by atoms with Crippen molar-refractivity contribution in [2.75, 3.05) is 10.6 Å². The molecule has 2 N–H and O–H groups in total. The lowest BCUT2D eigenvalue weighted by Gasteiger charge is -2.11. The average Bonchev–Trinajstić information content (AvgIpc) is 3.91. The van der Waals surface area contributed by atoms with Gasteiger partial charge in [-0.2, -0.15) is 0 Å². The number of rotatable bonds is 8. The van der Waals surface area contributed by atoms with Crippen LogP contribution in [0.4, 0.5) is 11.4 Å². The molecule has 0 bridgehead atoms. The zero-order valence-electron chi connectivity index (χ0n) is 26.6. The van der Waals surface area contributed by atoms with Gasteiger partial charge in [-0.1, -0.05) is 36.4 Å². The van der Waals surface area contributed by atoms with Crippen molar-refractivity contribution >= 4 is 54.8 Å². The van der Waals surface area contributed by atoms with Crippen molar-refractivity contribution < 1.29 is 26.8 Å². The molecule has 0 aliphatic carbocycles. The minimum absolute atomic E-state index is 0.0421. The summed E-state index contributed by atoms with van der Waals surface area (Å²) in [5.74, 6) is 0.293. The predicted molar refractivity (Wildman–Crippen MR) is 193 cm³/mol. The number of amides is 2. The van der Waals surface area contributed by atoms with Crippen molar-refractivity contribution in [1.29, 1.82) is 0 Å². The van der Waals surface area contributed by atoms with Gasteiger partial charge in [0.05, 0.1) is 44.5 Å². The molecule has 0 fully saturated rings. The van der Waals surface area contributed by atoms with Crippen LogP contribution in [0.2, 0.25) is 0 Å². The Balaban J connectivity index is 0.992. The van der Waals surface area contributed by atoms with Gasteiger partial charge in [0.15, 0.2) is 11.5 Å². The van der Waals surface area contributed by atoms with Crippen LogP contribution in [0.1, 0.15) is 20.7 Å². The van der Waals surface area contributed by atoms with E-state index in [1.807, 2.05) is 48.5 Å². The normalized spacial score (nSPS) is 11.5. The third-order valence-electron chi connectivity index (χ3n) is 8.31. The molecule has 11 heteroatoms. The summed E-state index contributed by atoms with van der Waals surface area (Å²) in [5.41, 5.74) is 3.91. The van der Waals surface area contributed by atoms with Gasteiger partial charge in [0, 0.05) is 22.1 Å². The highest BCUT2D eigenvalue weighted by atomic mass is 32.2. The Labute approximate surface area is 291 Å². The first-order valence-electron chi connectivity index (χ1n) is 15.8. The Hall–Kier alpha value is -6.85. The molecular formula is C40H26N4O6S. The van der Waals surface area contributed by atoms with Crippen molar-refractivity contribution in [2.45, 2.75) is 9.79 Å². The van der Waals surface area contributed by atoms with Gasteiger partial charge in [0.25, 0.3) is 11.8 Å². The number of carbonyl (C=O) groups is 2. The van der Waals surface area contributed by atoms with E-state index in [-0.39, 0.29) is 21.6 Å². The summed E-state index contributed by atoms with van der Waals surface area (Å²) in [5, 5.41) is 7.05. The first-order valence-corrected chi connectivity index (χ1v) is 17.3. The van der Waals surface area contributed by atoms with E-state index >= 15 is 0 Å². The van der Waals surface area contributed by atoms with E-state index in [2.05, 4.69) is 20.6 Å². The van der Waals surface area contributed by atoms with Gasteiger partial charge in [0.2, 0.25) is 9.84 Å². The number of nitrogens with zero attached hydrogens (tertiary/aromatic N) is 2. The molecule has 51 heavy (non-hydrogen) atoms. The molecule has 10 nitrogen and oxygen atoms in total. The maximum atomic E-state index is 13.5. The van der Waals surface area contributed by atoms with Crippen LogP contribution >= 0.6 is 0 Å². The third kappa shape index (κ3) is 6.13. The molecule has 8 rings (SSSR count). The fraction of sp³-hybridized carbons (Fsp3) is 0. The van der Waals surface area contributed by atoms with Crippen LogP contribution in [0.15, 0.2) is 165 Å². The zero-order chi connectivity index (χ0) is 35.0. The first-order chi connectivity index (χ1) is 24.8. The molecule has 8 aromatic rings. The Kier molecular flexibility index (Phi) is 7.93. The van der Waals surface area contributed by atoms with Gasteiger partial charge in [-0.3, -0.25) is 9.59 Å². The van der Waals surface area contributed by atoms with Gasteiger partial charge in [-0.15, -0.1) is 0 Å². The maximum Gasteiger partial charge on any atom is 0.256 e. The van der Waals surface area contributed by atoms with E-state index < -0.39 is 9.84 Å². The average molecular weight is 691 g/mol. The molecule has 4 aromatic carbocycles. The highest BCUT2D eigenvalue weighted by Gasteiger charge is 2.20. The minimum Gasteiger partial charge on any atom is -0.463 e. The molecule has 0 spiro atoms. The van der Waals surface area contributed by atoms with Gasteiger partial charge >= 0.3 is 0 Å². The van der Waals surface area contributed by atoms with Crippen LogP contribution in [-0.4, -0.2) is 30.2 Å². The summed E-state index contributed by atoms with van der Waals surface area (Å²) in [4.78, 5) is 36.3. The number of aromatic nitrogens is 2. The van der Waals surface area contributed by atoms with E-state index in [0.29, 0.717) is 67.2 Å². The van der Waals surface area contributed by atoms with E-state index in [4.69, 9.17) is 8.83 Å². The molecular weight excluding hydrogens is 665 g/mol. The number of furan rings is 2. The number of pyridine rings is 2. The molecule has 0 saturated carbocycles. The Morgan fingerprint density at radius 3 is 1.31 bits per heavy atom. The summed E-state index contributed by atoms with van der Waals surface area (Å²) < 4.78 is 38.1. The Morgan fingerprint density at radius 1 is 0.510 bits per heavy atom. The first kappa shape index (κ1) is 31.4. The van der Waals surface area contributed by atoms with Crippen molar-refractivity contribution in [3.63, 3.8) is 0 Å². The second kappa shape index (κ2) is 12.9. The van der Waals surface area contributed by atoms with Crippen LogP contribution < -0.4 is 10.6 Å². The number of anilines is 2. The van der Waals surface area contributed by atoms with E-state index in [0.717, 1.165) is 0 Å². The lowest BCUT2D eigenvalue weighted by atomic mass is 10.1. The molecule has 2 amide bonds. The summed E-state index contributed by atoms with van der Waals surface area (Å²) >= 11 is 0. The second-order valence-corrected chi connectivity index (χ2v) is 13.5. The van der Waals surface area contributed by atoms with Gasteiger partial charge in [-0.05, 0) is 97.1 Å². The topological polar surface area (TPSA) is 144 Å². The SMILES string of the molecule is O=C(Nc1ccc(S(=O)(=O)c2ccc(NC(=O)c3cc(-c4ccco4)nc4ccccc34)cc2)cc1)c1cc(-c2ccco2)nc2ccccc12. The Morgan fingerprint density at radius 2 is 0.922 bits per heavy atom. The van der Waals surface area contributed by atoms with E-state index in [9.17, 15) is 18.0 Å². The lowest BCUT2D eigenvalue weighted by Crippen LogP contribution is -2.13. The fourth-order valence-corrected chi connectivity index (χ4v) is 7.06. The molecule has 4 heterocycles. The number of carbonyl (C=O) groups excluding carboxylic acids is 2. The number of hydrogen-bond acceptors (Lipinski definition) is 8. The smallest absolute Gasteiger partial charge is 0.256 e. The highest BCUT2D eigenvalue weighted by molar-refractivity contribution is 7.91. The van der Waals surface area contributed by atoms with Crippen LogP contribution in [0.5, 0.6) is 0 Å². The van der Waals surface area contributed by atoms with Gasteiger partial charge in [0.1, 0.15) is 11.4 Å². The maximum absolute atomic E-state index is 13.5. The summed E-state index contributed by atoms with van der Waals surface area (Å²) in [6.45, 7) is 0. The molecule has 0 radical (unpaired) electrons. The van der Waals surface area contributed by atoms with Gasteiger partial charge in [-0.25, -0.2) is 18.4 Å². The Bertz CT molecular complexity index is 2490. The van der Waals surface area contributed by atoms with Gasteiger partial charge < -0.3 is 19.5 Å². The van der Waals surface area contributed by atoms with Crippen LogP contribution in [0.3, 0.4) is 0 Å². The zero-order valence-corrected chi connectivity index (χ0v) is 27.4. The van der Waals surface area contributed by atoms with Crippen molar-refractivity contribution in [1.82, 2.24) is 9.97 Å². The van der Waals surface area contributed by atoms with Crippen LogP contribution in [-0.2, 0) is 9.84 Å². The number of benzene rings is 4. The third-order valence-corrected chi connectivity index (χ3v) is 10.1. The molecule has 0 atom stereocenters. The van der Waals surface area contributed by atoms with Crippen LogP contribution in [0.25, 0.3) is 44.7 Å². The van der Waals surface area contributed by atoms with Crippen molar-refractivity contribution in [3.8, 4) is 22.9 Å². The molecule has 0 aliphatic heterocycles. The number of para-hydroxylation sites is 2. The highest BCUT2D eigenvalue weighted by Crippen LogP contribution is 2.29. The molecule has 248 valence electrons. The van der Waals surface area contributed by atoms with Crippen molar-refractivity contribution in [2.24, 2.45) is 0 Å². The van der Waals surface area contributed by atoms with E-state index in [1.54, 1.807) is 36.4 Å². The second-order valence-electron chi connectivity index (χ2n) is 11.6. The fourth-order valence-electron chi connectivity index (χ4n) is 5.80. The standard InChI is InChI=1S/C40H26N4O6S/c45-39(31-23-35(37-11-5-21-49-37)43-33-9-3-1-7-29(31)33)41-25-13-17-27(18-14-25)51(47,48)28-19-15-26(16-20-28)42-40(46)32-24-36(38-12-6-22-50-38)44-34-10-4-2-8-30(32)34/h1-24H,(H,41,45)(H,42,46). The minimum atomic E-state index is -3.92. The molecule has 0 aliphatic rings. The monoisotopic (exact) mass is 690 g/mol. The van der Waals surface area contributed by atoms with E-state index in [1.165, 1.54) is 61.1 Å². The quantitative estimate of drug-likeness (QED) is 0.161. The lowest BCUT2D eigenvalue weighted by molar-refractivity contribution is 0.102. The summed E-state index contributed by atoms with van der Waals surface area (Å²) in [6.07, 6.45) is 3.08. The van der Waals surface area contributed by atoms with Crippen molar-refractivity contribution in [3.05, 3.63) is 157 Å². The van der Waals surface area contributed by atoms with Crippen LogP contribution in [0, 0.1) is 0 Å². The largest absolute Gasteiger partial charge is 0.463 e. The molecule has 0 saturated heterocycles. The number of fused-ring (bicyclic) bond motifs is 2.